The molecule has 1 aliphatic heterocycles. The normalized spacial score (nSPS) is 18.8. The van der Waals surface area contributed by atoms with Crippen molar-refractivity contribution < 1.29 is 13.9 Å². The molecular weight excluding hydrogens is 395 g/mol. The Morgan fingerprint density at radius 1 is 1.13 bits per heavy atom. The molecule has 0 bridgehead atoms. The lowest BCUT2D eigenvalue weighted by molar-refractivity contribution is 0.0505. The molecule has 2 aromatic carbocycles. The van der Waals surface area contributed by atoms with Crippen molar-refractivity contribution in [2.45, 2.75) is 39.7 Å². The number of aromatic nitrogens is 3. The fourth-order valence-corrected chi connectivity index (χ4v) is 4.01. The van der Waals surface area contributed by atoms with Crippen molar-refractivity contribution in [2.75, 3.05) is 13.2 Å². The minimum atomic E-state index is -0.240. The molecule has 1 aliphatic rings. The van der Waals surface area contributed by atoms with Gasteiger partial charge in [-0.05, 0) is 69.5 Å². The van der Waals surface area contributed by atoms with E-state index in [1.54, 1.807) is 31.5 Å². The molecule has 0 radical (unpaired) electrons. The van der Waals surface area contributed by atoms with Crippen LogP contribution in [0.2, 0.25) is 0 Å². The molecule has 1 saturated heterocycles. The molecule has 2 atom stereocenters. The van der Waals surface area contributed by atoms with E-state index in [1.807, 2.05) is 30.0 Å². The van der Waals surface area contributed by atoms with Crippen LogP contribution in [0, 0.1) is 25.6 Å². The van der Waals surface area contributed by atoms with E-state index >= 15 is 0 Å². The first kappa shape index (κ1) is 21.0. The highest BCUT2D eigenvalue weighted by Gasteiger charge is 2.31. The van der Waals surface area contributed by atoms with Crippen molar-refractivity contribution in [3.63, 3.8) is 0 Å². The number of nitrogens with zero attached hydrogens (tertiary/aromatic N) is 4. The van der Waals surface area contributed by atoms with Crippen LogP contribution in [-0.4, -0.2) is 45.0 Å². The van der Waals surface area contributed by atoms with Crippen LogP contribution in [0.5, 0.6) is 5.75 Å². The quantitative estimate of drug-likeness (QED) is 0.614. The smallest absolute Gasteiger partial charge is 0.256 e. The van der Waals surface area contributed by atoms with Gasteiger partial charge < -0.3 is 9.64 Å². The Balaban J connectivity index is 1.50. The van der Waals surface area contributed by atoms with E-state index in [4.69, 9.17) is 4.74 Å². The molecule has 6 nitrogen and oxygen atoms in total. The Morgan fingerprint density at radius 2 is 1.90 bits per heavy atom. The van der Waals surface area contributed by atoms with Crippen molar-refractivity contribution in [1.29, 1.82) is 0 Å². The zero-order valence-corrected chi connectivity index (χ0v) is 18.1. The minimum Gasteiger partial charge on any atom is -0.493 e. The number of aryl methyl sites for hydroxylation is 2. The predicted molar refractivity (Wildman–Crippen MR) is 116 cm³/mol. The highest BCUT2D eigenvalue weighted by atomic mass is 19.1. The number of carbonyl (C=O) groups is 1. The Labute approximate surface area is 181 Å². The van der Waals surface area contributed by atoms with Gasteiger partial charge in [-0.1, -0.05) is 11.6 Å². The van der Waals surface area contributed by atoms with Crippen LogP contribution < -0.4 is 4.74 Å². The van der Waals surface area contributed by atoms with Gasteiger partial charge in [0.25, 0.3) is 5.91 Å². The van der Waals surface area contributed by atoms with Crippen LogP contribution in [0.3, 0.4) is 0 Å². The van der Waals surface area contributed by atoms with E-state index in [0.717, 1.165) is 18.4 Å². The molecule has 162 valence electrons. The number of benzene rings is 2. The summed E-state index contributed by atoms with van der Waals surface area (Å²) < 4.78 is 19.4. The largest absolute Gasteiger partial charge is 0.493 e. The maximum Gasteiger partial charge on any atom is 0.256 e. The standard InChI is InChI=1S/C24H27FN4O2/c1-16-4-9-23(29-26-10-11-27-29)21(12-16)24(30)28-14-19(6-5-18(28)3)15-31-20-7-8-22(25)17(2)13-20/h4,7-13,18-19H,5-6,14-15H2,1-3H3/t18-,19-/m1/s1. The second-order valence-electron chi connectivity index (χ2n) is 8.31. The summed E-state index contributed by atoms with van der Waals surface area (Å²) in [5.41, 5.74) is 2.84. The van der Waals surface area contributed by atoms with Crippen molar-refractivity contribution in [3.8, 4) is 11.4 Å². The van der Waals surface area contributed by atoms with Gasteiger partial charge in [0.05, 0.1) is 30.3 Å². The lowest BCUT2D eigenvalue weighted by atomic mass is 9.93. The molecule has 1 amide bonds. The average molecular weight is 423 g/mol. The number of piperidine rings is 1. The van der Waals surface area contributed by atoms with Gasteiger partial charge in [-0.2, -0.15) is 15.0 Å². The number of carbonyl (C=O) groups excluding carboxylic acids is 1. The van der Waals surface area contributed by atoms with Crippen LogP contribution in [0.4, 0.5) is 4.39 Å². The summed E-state index contributed by atoms with van der Waals surface area (Å²) in [5.74, 6) is 0.602. The summed E-state index contributed by atoms with van der Waals surface area (Å²) in [5, 5.41) is 8.41. The number of hydrogen-bond donors (Lipinski definition) is 0. The van der Waals surface area contributed by atoms with E-state index in [2.05, 4.69) is 17.1 Å². The number of likely N-dealkylation sites (tertiary alicyclic amines) is 1. The zero-order chi connectivity index (χ0) is 22.0. The third-order valence-corrected chi connectivity index (χ3v) is 5.87. The average Bonchev–Trinajstić information content (AvgIpc) is 3.29. The SMILES string of the molecule is Cc1ccc(-n2nccn2)c(C(=O)N2C[C@H](COc3ccc(F)c(C)c3)CC[C@H]2C)c1. The molecule has 7 heteroatoms. The van der Waals surface area contributed by atoms with Crippen LogP contribution in [0.25, 0.3) is 5.69 Å². The molecule has 2 heterocycles. The van der Waals surface area contributed by atoms with Gasteiger partial charge in [-0.25, -0.2) is 4.39 Å². The van der Waals surface area contributed by atoms with Crippen molar-refractivity contribution in [3.05, 3.63) is 71.3 Å². The molecule has 0 spiro atoms. The summed E-state index contributed by atoms with van der Waals surface area (Å²) in [6.07, 6.45) is 5.08. The second kappa shape index (κ2) is 8.88. The summed E-state index contributed by atoms with van der Waals surface area (Å²) in [4.78, 5) is 17.0. The molecule has 31 heavy (non-hydrogen) atoms. The Morgan fingerprint density at radius 3 is 2.65 bits per heavy atom. The van der Waals surface area contributed by atoms with Crippen LogP contribution in [0.15, 0.2) is 48.8 Å². The molecule has 3 aromatic rings. The number of amides is 1. The summed E-state index contributed by atoms with van der Waals surface area (Å²) in [6, 6.07) is 10.6. The van der Waals surface area contributed by atoms with E-state index < -0.39 is 0 Å². The lowest BCUT2D eigenvalue weighted by Crippen LogP contribution is -2.47. The molecule has 1 fully saturated rings. The van der Waals surface area contributed by atoms with E-state index in [0.29, 0.717) is 35.7 Å². The highest BCUT2D eigenvalue weighted by molar-refractivity contribution is 5.98. The van der Waals surface area contributed by atoms with Gasteiger partial charge >= 0.3 is 0 Å². The minimum absolute atomic E-state index is 0.0224. The lowest BCUT2D eigenvalue weighted by Gasteiger charge is -2.38. The van der Waals surface area contributed by atoms with Gasteiger partial charge in [0.15, 0.2) is 0 Å². The third-order valence-electron chi connectivity index (χ3n) is 5.87. The molecular formula is C24H27FN4O2. The van der Waals surface area contributed by atoms with Gasteiger partial charge in [-0.3, -0.25) is 4.79 Å². The van der Waals surface area contributed by atoms with Gasteiger partial charge in [-0.15, -0.1) is 0 Å². The first-order valence-electron chi connectivity index (χ1n) is 10.6. The van der Waals surface area contributed by atoms with Gasteiger partial charge in [0.2, 0.25) is 0 Å². The first-order chi connectivity index (χ1) is 14.9. The molecule has 4 rings (SSSR count). The third kappa shape index (κ3) is 4.60. The van der Waals surface area contributed by atoms with Gasteiger partial charge in [0, 0.05) is 18.5 Å². The van der Waals surface area contributed by atoms with Crippen molar-refractivity contribution in [2.24, 2.45) is 5.92 Å². The molecule has 0 N–H and O–H groups in total. The molecule has 0 aliphatic carbocycles. The maximum absolute atomic E-state index is 13.6. The predicted octanol–water partition coefficient (Wildman–Crippen LogP) is 4.34. The van der Waals surface area contributed by atoms with E-state index in [-0.39, 0.29) is 23.7 Å². The Kier molecular flexibility index (Phi) is 6.02. The number of hydrogen-bond acceptors (Lipinski definition) is 4. The molecule has 0 unspecified atom stereocenters. The monoisotopic (exact) mass is 422 g/mol. The van der Waals surface area contributed by atoms with Crippen molar-refractivity contribution in [1.82, 2.24) is 19.9 Å². The Bertz CT molecular complexity index is 1070. The van der Waals surface area contributed by atoms with E-state index in [9.17, 15) is 9.18 Å². The van der Waals surface area contributed by atoms with Crippen molar-refractivity contribution >= 4 is 5.91 Å². The van der Waals surface area contributed by atoms with Gasteiger partial charge in [0.1, 0.15) is 11.6 Å². The second-order valence-corrected chi connectivity index (χ2v) is 8.31. The number of rotatable bonds is 5. The van der Waals surface area contributed by atoms with Crippen LogP contribution >= 0.6 is 0 Å². The summed E-state index contributed by atoms with van der Waals surface area (Å²) in [6.45, 7) is 6.87. The summed E-state index contributed by atoms with van der Waals surface area (Å²) >= 11 is 0. The number of ether oxygens (including phenoxy) is 1. The topological polar surface area (TPSA) is 60.2 Å². The fraction of sp³-hybridized carbons (Fsp3) is 0.375. The Hall–Kier alpha value is -3.22. The molecule has 1 aromatic heterocycles. The first-order valence-corrected chi connectivity index (χ1v) is 10.6. The fourth-order valence-electron chi connectivity index (χ4n) is 4.01. The highest BCUT2D eigenvalue weighted by Crippen LogP contribution is 2.27. The molecule has 0 saturated carbocycles. The number of halogens is 1. The van der Waals surface area contributed by atoms with Crippen LogP contribution in [0.1, 0.15) is 41.3 Å². The van der Waals surface area contributed by atoms with Crippen LogP contribution in [-0.2, 0) is 0 Å². The van der Waals surface area contributed by atoms with E-state index in [1.165, 1.54) is 10.9 Å². The maximum atomic E-state index is 13.6. The zero-order valence-electron chi connectivity index (χ0n) is 18.1. The summed E-state index contributed by atoms with van der Waals surface area (Å²) in [7, 11) is 0.